The van der Waals surface area contributed by atoms with E-state index in [1.165, 1.54) is 0 Å². The Balaban J connectivity index is 2.09. The molecule has 2 atom stereocenters. The minimum Gasteiger partial charge on any atom is -0.355 e. The molecule has 0 aromatic heterocycles. The minimum atomic E-state index is 0.0579. The lowest BCUT2D eigenvalue weighted by molar-refractivity contribution is -0.124. The second-order valence-corrected chi connectivity index (χ2v) is 3.65. The molecule has 4 heteroatoms. The van der Waals surface area contributed by atoms with Crippen LogP contribution in [0.1, 0.15) is 12.8 Å². The summed E-state index contributed by atoms with van der Waals surface area (Å²) in [6.45, 7) is 2.72. The van der Waals surface area contributed by atoms with Crippen molar-refractivity contribution in [2.75, 3.05) is 19.6 Å². The fourth-order valence-electron chi connectivity index (χ4n) is 2.07. The monoisotopic (exact) mass is 169 g/mol. The summed E-state index contributed by atoms with van der Waals surface area (Å²) < 4.78 is 0. The number of nitrogens with two attached hydrogens (primary N) is 1. The number of nitrogens with one attached hydrogen (secondary N) is 1. The first-order valence-electron chi connectivity index (χ1n) is 4.55. The van der Waals surface area contributed by atoms with Gasteiger partial charge < -0.3 is 11.1 Å². The number of hydrogen-bond donors (Lipinski definition) is 2. The summed E-state index contributed by atoms with van der Waals surface area (Å²) >= 11 is 0. The average Bonchev–Trinajstić information content (AvgIpc) is 2.33. The van der Waals surface area contributed by atoms with E-state index in [1.54, 1.807) is 0 Å². The van der Waals surface area contributed by atoms with Gasteiger partial charge in [-0.05, 0) is 12.8 Å². The molecule has 1 amide bonds. The lowest BCUT2D eigenvalue weighted by Gasteiger charge is -2.18. The minimum absolute atomic E-state index is 0.0579. The van der Waals surface area contributed by atoms with Crippen LogP contribution < -0.4 is 11.1 Å². The van der Waals surface area contributed by atoms with Crippen LogP contribution in [0, 0.1) is 0 Å². The molecular formula is C8H15N3O. The van der Waals surface area contributed by atoms with Crippen LogP contribution in [-0.4, -0.2) is 42.5 Å². The molecule has 4 nitrogen and oxygen atoms in total. The maximum absolute atomic E-state index is 11.4. The van der Waals surface area contributed by atoms with E-state index < -0.39 is 0 Å². The third-order valence-electron chi connectivity index (χ3n) is 2.66. The van der Waals surface area contributed by atoms with E-state index in [2.05, 4.69) is 10.2 Å². The maximum atomic E-state index is 11.4. The molecule has 2 fully saturated rings. The summed E-state index contributed by atoms with van der Waals surface area (Å²) in [5.74, 6) is 0.167. The van der Waals surface area contributed by atoms with E-state index in [-0.39, 0.29) is 18.0 Å². The molecule has 2 unspecified atom stereocenters. The molecule has 0 radical (unpaired) electrons. The standard InChI is InChI=1S/C8H15N3O/c9-6-4-7-8(12)10-2-1-3-11(7)5-6/h6-7H,1-5,9H2,(H,10,12). The number of amides is 1. The van der Waals surface area contributed by atoms with Crippen LogP contribution in [0.15, 0.2) is 0 Å². The van der Waals surface area contributed by atoms with Gasteiger partial charge in [-0.15, -0.1) is 0 Å². The van der Waals surface area contributed by atoms with Gasteiger partial charge >= 0.3 is 0 Å². The normalized spacial score (nSPS) is 37.2. The van der Waals surface area contributed by atoms with Crippen molar-refractivity contribution in [3.05, 3.63) is 0 Å². The van der Waals surface area contributed by atoms with Crippen molar-refractivity contribution in [3.63, 3.8) is 0 Å². The van der Waals surface area contributed by atoms with Gasteiger partial charge in [0.2, 0.25) is 5.91 Å². The second-order valence-electron chi connectivity index (χ2n) is 3.65. The van der Waals surface area contributed by atoms with Crippen LogP contribution in [0.2, 0.25) is 0 Å². The Morgan fingerprint density at radius 1 is 1.58 bits per heavy atom. The Bertz CT molecular complexity index is 195. The molecule has 0 aromatic rings. The predicted octanol–water partition coefficient (Wildman–Crippen LogP) is -1.09. The first-order chi connectivity index (χ1) is 5.77. The molecule has 0 aromatic carbocycles. The number of rotatable bonds is 0. The summed E-state index contributed by atoms with van der Waals surface area (Å²) in [5, 5.41) is 2.90. The highest BCUT2D eigenvalue weighted by Crippen LogP contribution is 2.18. The van der Waals surface area contributed by atoms with E-state index in [0.717, 1.165) is 32.5 Å². The largest absolute Gasteiger partial charge is 0.355 e. The highest BCUT2D eigenvalue weighted by atomic mass is 16.2. The van der Waals surface area contributed by atoms with E-state index in [4.69, 9.17) is 5.73 Å². The number of hydrogen-bond acceptors (Lipinski definition) is 3. The topological polar surface area (TPSA) is 58.4 Å². The zero-order valence-electron chi connectivity index (χ0n) is 7.12. The molecule has 2 heterocycles. The highest BCUT2D eigenvalue weighted by Gasteiger charge is 2.35. The van der Waals surface area contributed by atoms with Gasteiger partial charge in [0.1, 0.15) is 0 Å². The molecule has 2 saturated heterocycles. The van der Waals surface area contributed by atoms with Crippen LogP contribution >= 0.6 is 0 Å². The van der Waals surface area contributed by atoms with E-state index in [0.29, 0.717) is 0 Å². The molecule has 2 aliphatic rings. The molecule has 12 heavy (non-hydrogen) atoms. The van der Waals surface area contributed by atoms with Gasteiger partial charge in [0, 0.05) is 25.7 Å². The Morgan fingerprint density at radius 2 is 2.42 bits per heavy atom. The highest BCUT2D eigenvalue weighted by molar-refractivity contribution is 5.82. The van der Waals surface area contributed by atoms with Crippen molar-refractivity contribution in [1.82, 2.24) is 10.2 Å². The van der Waals surface area contributed by atoms with Crippen molar-refractivity contribution >= 4 is 5.91 Å². The van der Waals surface area contributed by atoms with Crippen LogP contribution in [0.4, 0.5) is 0 Å². The van der Waals surface area contributed by atoms with Gasteiger partial charge in [-0.1, -0.05) is 0 Å². The van der Waals surface area contributed by atoms with Crippen LogP contribution in [0.5, 0.6) is 0 Å². The summed E-state index contributed by atoms with van der Waals surface area (Å²) in [6.07, 6.45) is 1.88. The summed E-state index contributed by atoms with van der Waals surface area (Å²) in [6, 6.07) is 0.251. The molecule has 2 aliphatic heterocycles. The van der Waals surface area contributed by atoms with Crippen molar-refractivity contribution in [1.29, 1.82) is 0 Å². The third-order valence-corrected chi connectivity index (χ3v) is 2.66. The molecular weight excluding hydrogens is 154 g/mol. The van der Waals surface area contributed by atoms with Gasteiger partial charge in [-0.25, -0.2) is 0 Å². The van der Waals surface area contributed by atoms with E-state index in [1.807, 2.05) is 0 Å². The molecule has 68 valence electrons. The zero-order valence-corrected chi connectivity index (χ0v) is 7.12. The first kappa shape index (κ1) is 8.01. The van der Waals surface area contributed by atoms with Crippen molar-refractivity contribution in [3.8, 4) is 0 Å². The quantitative estimate of drug-likeness (QED) is 0.484. The van der Waals surface area contributed by atoms with Crippen molar-refractivity contribution < 1.29 is 4.79 Å². The summed E-state index contributed by atoms with van der Waals surface area (Å²) in [4.78, 5) is 13.6. The Hall–Kier alpha value is -0.610. The number of carbonyl (C=O) groups excluding carboxylic acids is 1. The van der Waals surface area contributed by atoms with Gasteiger partial charge in [0.15, 0.2) is 0 Å². The Labute approximate surface area is 72.1 Å². The van der Waals surface area contributed by atoms with Gasteiger partial charge in [-0.3, -0.25) is 9.69 Å². The average molecular weight is 169 g/mol. The van der Waals surface area contributed by atoms with Gasteiger partial charge in [0.25, 0.3) is 0 Å². The zero-order chi connectivity index (χ0) is 8.55. The molecule has 0 saturated carbocycles. The van der Waals surface area contributed by atoms with Gasteiger partial charge in [0.05, 0.1) is 6.04 Å². The van der Waals surface area contributed by atoms with Gasteiger partial charge in [-0.2, -0.15) is 0 Å². The van der Waals surface area contributed by atoms with E-state index in [9.17, 15) is 4.79 Å². The predicted molar refractivity (Wildman–Crippen MR) is 45.6 cm³/mol. The lowest BCUT2D eigenvalue weighted by atomic mass is 10.2. The fraction of sp³-hybridized carbons (Fsp3) is 0.875. The SMILES string of the molecule is NC1CC2C(=O)NCCCN2C1. The Morgan fingerprint density at radius 3 is 3.25 bits per heavy atom. The summed E-state index contributed by atoms with van der Waals surface area (Å²) in [5.41, 5.74) is 5.79. The molecule has 0 spiro atoms. The van der Waals surface area contributed by atoms with Crippen LogP contribution in [-0.2, 0) is 4.79 Å². The third kappa shape index (κ3) is 1.32. The molecule has 3 N–H and O–H groups in total. The molecule has 0 bridgehead atoms. The van der Waals surface area contributed by atoms with Crippen molar-refractivity contribution in [2.24, 2.45) is 5.73 Å². The fourth-order valence-corrected chi connectivity index (χ4v) is 2.07. The number of fused-ring (bicyclic) bond motifs is 1. The summed E-state index contributed by atoms with van der Waals surface area (Å²) in [7, 11) is 0. The lowest BCUT2D eigenvalue weighted by Crippen LogP contribution is -2.39. The molecule has 2 rings (SSSR count). The molecule has 0 aliphatic carbocycles. The maximum Gasteiger partial charge on any atom is 0.237 e. The van der Waals surface area contributed by atoms with Crippen molar-refractivity contribution in [2.45, 2.75) is 24.9 Å². The second kappa shape index (κ2) is 3.03. The number of nitrogens with zero attached hydrogens (tertiary/aromatic N) is 1. The Kier molecular flexibility index (Phi) is 2.02. The van der Waals surface area contributed by atoms with Crippen LogP contribution in [0.3, 0.4) is 0 Å². The first-order valence-corrected chi connectivity index (χ1v) is 4.55. The van der Waals surface area contributed by atoms with E-state index >= 15 is 0 Å². The van der Waals surface area contributed by atoms with Crippen LogP contribution in [0.25, 0.3) is 0 Å². The number of carbonyl (C=O) groups is 1. The smallest absolute Gasteiger partial charge is 0.237 e.